The summed E-state index contributed by atoms with van der Waals surface area (Å²) in [6, 6.07) is 14.4. The summed E-state index contributed by atoms with van der Waals surface area (Å²) in [5, 5.41) is 5.52. The highest BCUT2D eigenvalue weighted by molar-refractivity contribution is 6.05. The van der Waals surface area contributed by atoms with Crippen molar-refractivity contribution in [1.29, 1.82) is 0 Å². The van der Waals surface area contributed by atoms with Gasteiger partial charge in [-0.25, -0.2) is 0 Å². The maximum atomic E-state index is 12.5. The van der Waals surface area contributed by atoms with E-state index in [2.05, 4.69) is 10.6 Å². The molecule has 0 bridgehead atoms. The normalized spacial score (nSPS) is 11.2. The molecule has 0 atom stereocenters. The molecule has 0 fully saturated rings. The highest BCUT2D eigenvalue weighted by Crippen LogP contribution is 2.14. The van der Waals surface area contributed by atoms with Crippen LogP contribution in [0.25, 0.3) is 6.08 Å². The van der Waals surface area contributed by atoms with E-state index in [1.807, 2.05) is 45.0 Å². The van der Waals surface area contributed by atoms with Crippen molar-refractivity contribution < 1.29 is 14.3 Å². The highest BCUT2D eigenvalue weighted by Gasteiger charge is 2.15. The summed E-state index contributed by atoms with van der Waals surface area (Å²) in [5.41, 5.74) is 2.53. The molecule has 2 aromatic carbocycles. The van der Waals surface area contributed by atoms with Gasteiger partial charge < -0.3 is 15.4 Å². The molecule has 2 amide bonds. The van der Waals surface area contributed by atoms with Crippen LogP contribution in [0.3, 0.4) is 0 Å². The molecule has 0 saturated heterocycles. The molecule has 0 aliphatic rings. The van der Waals surface area contributed by atoms with Crippen LogP contribution in [0.15, 0.2) is 54.2 Å². The van der Waals surface area contributed by atoms with E-state index in [0.717, 1.165) is 16.9 Å². The van der Waals surface area contributed by atoms with Gasteiger partial charge >= 0.3 is 0 Å². The minimum Gasteiger partial charge on any atom is -0.497 e. The Kier molecular flexibility index (Phi) is 6.55. The summed E-state index contributed by atoms with van der Waals surface area (Å²) in [6.07, 6.45) is 1.64. The molecule has 0 saturated carbocycles. The van der Waals surface area contributed by atoms with Gasteiger partial charge in [0.25, 0.3) is 11.8 Å². The average Bonchev–Trinajstić information content (AvgIpc) is 2.61. The van der Waals surface area contributed by atoms with Crippen molar-refractivity contribution in [3.05, 3.63) is 70.9 Å². The van der Waals surface area contributed by atoms with E-state index in [4.69, 9.17) is 4.74 Å². The summed E-state index contributed by atoms with van der Waals surface area (Å²) < 4.78 is 5.14. The topological polar surface area (TPSA) is 67.4 Å². The highest BCUT2D eigenvalue weighted by atomic mass is 16.5. The SMILES string of the molecule is COc1ccc(C=C(NC(=O)c2ccc(C)cc2)C(=O)NC(C)C)cc1. The average molecular weight is 352 g/mol. The predicted molar refractivity (Wildman–Crippen MR) is 103 cm³/mol. The van der Waals surface area contributed by atoms with Gasteiger partial charge in [0.1, 0.15) is 11.4 Å². The monoisotopic (exact) mass is 352 g/mol. The smallest absolute Gasteiger partial charge is 0.268 e. The molecule has 0 spiro atoms. The summed E-state index contributed by atoms with van der Waals surface area (Å²) in [4.78, 5) is 25.0. The van der Waals surface area contributed by atoms with Crippen molar-refractivity contribution in [1.82, 2.24) is 10.6 Å². The second kappa shape index (κ2) is 8.85. The first kappa shape index (κ1) is 19.2. The van der Waals surface area contributed by atoms with Gasteiger partial charge in [0.2, 0.25) is 0 Å². The second-order valence-corrected chi connectivity index (χ2v) is 6.28. The lowest BCUT2D eigenvalue weighted by molar-refractivity contribution is -0.118. The maximum absolute atomic E-state index is 12.5. The Morgan fingerprint density at radius 2 is 1.62 bits per heavy atom. The van der Waals surface area contributed by atoms with Crippen LogP contribution >= 0.6 is 0 Å². The van der Waals surface area contributed by atoms with Crippen LogP contribution in [-0.4, -0.2) is 25.0 Å². The van der Waals surface area contributed by atoms with Gasteiger partial charge in [0.05, 0.1) is 7.11 Å². The van der Waals surface area contributed by atoms with E-state index in [-0.39, 0.29) is 23.6 Å². The molecular formula is C21H24N2O3. The van der Waals surface area contributed by atoms with Crippen LogP contribution in [0.5, 0.6) is 5.75 Å². The van der Waals surface area contributed by atoms with Crippen molar-refractivity contribution in [2.24, 2.45) is 0 Å². The molecular weight excluding hydrogens is 328 g/mol. The maximum Gasteiger partial charge on any atom is 0.268 e. The van der Waals surface area contributed by atoms with Crippen LogP contribution in [0.2, 0.25) is 0 Å². The number of carbonyl (C=O) groups is 2. The minimum atomic E-state index is -0.337. The van der Waals surface area contributed by atoms with Crippen LogP contribution in [0.4, 0.5) is 0 Å². The van der Waals surface area contributed by atoms with E-state index < -0.39 is 0 Å². The van der Waals surface area contributed by atoms with Gasteiger partial charge in [-0.2, -0.15) is 0 Å². The molecule has 2 N–H and O–H groups in total. The first-order chi connectivity index (χ1) is 12.4. The number of ether oxygens (including phenoxy) is 1. The summed E-state index contributed by atoms with van der Waals surface area (Å²) in [6.45, 7) is 5.68. The van der Waals surface area contributed by atoms with Crippen molar-refractivity contribution in [3.63, 3.8) is 0 Å². The molecule has 136 valence electrons. The Bertz CT molecular complexity index is 791. The predicted octanol–water partition coefficient (Wildman–Crippen LogP) is 3.30. The third-order valence-electron chi connectivity index (χ3n) is 3.65. The van der Waals surface area contributed by atoms with Crippen LogP contribution in [0, 0.1) is 6.92 Å². The zero-order chi connectivity index (χ0) is 19.1. The van der Waals surface area contributed by atoms with Crippen molar-refractivity contribution in [3.8, 4) is 5.75 Å². The number of methoxy groups -OCH3 is 1. The molecule has 0 unspecified atom stereocenters. The second-order valence-electron chi connectivity index (χ2n) is 6.28. The van der Waals surface area contributed by atoms with Crippen LogP contribution in [-0.2, 0) is 4.79 Å². The quantitative estimate of drug-likeness (QED) is 0.784. The van der Waals surface area contributed by atoms with Gasteiger partial charge in [-0.15, -0.1) is 0 Å². The third kappa shape index (κ3) is 5.48. The lowest BCUT2D eigenvalue weighted by Gasteiger charge is -2.13. The lowest BCUT2D eigenvalue weighted by atomic mass is 10.1. The van der Waals surface area contributed by atoms with Gasteiger partial charge in [-0.05, 0) is 56.7 Å². The Balaban J connectivity index is 2.27. The summed E-state index contributed by atoms with van der Waals surface area (Å²) >= 11 is 0. The van der Waals surface area contributed by atoms with Gasteiger partial charge in [-0.1, -0.05) is 29.8 Å². The Morgan fingerprint density at radius 1 is 1.00 bits per heavy atom. The number of carbonyl (C=O) groups excluding carboxylic acids is 2. The minimum absolute atomic E-state index is 0.0435. The fourth-order valence-corrected chi connectivity index (χ4v) is 2.26. The van der Waals surface area contributed by atoms with Crippen LogP contribution < -0.4 is 15.4 Å². The number of benzene rings is 2. The molecule has 5 nitrogen and oxygen atoms in total. The number of amides is 2. The number of hydrogen-bond acceptors (Lipinski definition) is 3. The number of nitrogens with one attached hydrogen (secondary N) is 2. The molecule has 0 aliphatic heterocycles. The van der Waals surface area contributed by atoms with E-state index in [9.17, 15) is 9.59 Å². The van der Waals surface area contributed by atoms with Gasteiger partial charge in [-0.3, -0.25) is 9.59 Å². The van der Waals surface area contributed by atoms with E-state index >= 15 is 0 Å². The molecule has 0 radical (unpaired) electrons. The molecule has 0 aliphatic carbocycles. The fourth-order valence-electron chi connectivity index (χ4n) is 2.26. The number of hydrogen-bond donors (Lipinski definition) is 2. The zero-order valence-electron chi connectivity index (χ0n) is 15.5. The third-order valence-corrected chi connectivity index (χ3v) is 3.65. The zero-order valence-corrected chi connectivity index (χ0v) is 15.5. The Labute approximate surface area is 154 Å². The van der Waals surface area contributed by atoms with Gasteiger partial charge in [0, 0.05) is 11.6 Å². The van der Waals surface area contributed by atoms with Crippen molar-refractivity contribution in [2.45, 2.75) is 26.8 Å². The molecule has 2 aromatic rings. The number of aryl methyl sites for hydroxylation is 1. The Hall–Kier alpha value is -3.08. The molecule has 2 rings (SSSR count). The molecule has 0 aromatic heterocycles. The van der Waals surface area contributed by atoms with E-state index in [1.165, 1.54) is 0 Å². The van der Waals surface area contributed by atoms with Crippen molar-refractivity contribution >= 4 is 17.9 Å². The molecule has 26 heavy (non-hydrogen) atoms. The number of rotatable bonds is 6. The molecule has 0 heterocycles. The summed E-state index contributed by atoms with van der Waals surface area (Å²) in [7, 11) is 1.59. The largest absolute Gasteiger partial charge is 0.497 e. The standard InChI is InChI=1S/C21H24N2O3/c1-14(2)22-21(25)19(13-16-7-11-18(26-4)12-8-16)23-20(24)17-9-5-15(3)6-10-17/h5-14H,1-4H3,(H,22,25)(H,23,24). The van der Waals surface area contributed by atoms with Crippen LogP contribution in [0.1, 0.15) is 35.3 Å². The summed E-state index contributed by atoms with van der Waals surface area (Å²) in [5.74, 6) is 0.0546. The first-order valence-electron chi connectivity index (χ1n) is 8.43. The van der Waals surface area contributed by atoms with E-state index in [1.54, 1.807) is 37.5 Å². The first-order valence-corrected chi connectivity index (χ1v) is 8.43. The van der Waals surface area contributed by atoms with Crippen molar-refractivity contribution in [2.75, 3.05) is 7.11 Å². The van der Waals surface area contributed by atoms with Gasteiger partial charge in [0.15, 0.2) is 0 Å². The fraction of sp³-hybridized carbons (Fsp3) is 0.238. The molecule has 5 heteroatoms. The van der Waals surface area contributed by atoms with E-state index in [0.29, 0.717) is 5.56 Å². The Morgan fingerprint density at radius 3 is 2.15 bits per heavy atom. The lowest BCUT2D eigenvalue weighted by Crippen LogP contribution is -2.38.